The summed E-state index contributed by atoms with van der Waals surface area (Å²) in [6, 6.07) is 21.4. The van der Waals surface area contributed by atoms with Crippen LogP contribution in [0.3, 0.4) is 0 Å². The summed E-state index contributed by atoms with van der Waals surface area (Å²) >= 11 is 5.87. The molecule has 0 atom stereocenters. The first-order valence-electron chi connectivity index (χ1n) is 9.44. The second-order valence-electron chi connectivity index (χ2n) is 7.05. The lowest BCUT2D eigenvalue weighted by atomic mass is 9.96. The average molecular weight is 405 g/mol. The number of benzene rings is 4. The fourth-order valence-electron chi connectivity index (χ4n) is 3.53. The maximum Gasteiger partial charge on any atom is 0.134 e. The summed E-state index contributed by atoms with van der Waals surface area (Å²) in [6.45, 7) is 3.76. The van der Waals surface area contributed by atoms with Crippen molar-refractivity contribution >= 4 is 22.4 Å². The fraction of sp³-hybridized carbons (Fsp3) is 0.0769. The molecule has 0 aliphatic heterocycles. The van der Waals surface area contributed by atoms with E-state index < -0.39 is 11.6 Å². The van der Waals surface area contributed by atoms with E-state index in [-0.39, 0.29) is 5.56 Å². The summed E-state index contributed by atoms with van der Waals surface area (Å²) in [6.07, 6.45) is 3.79. The highest BCUT2D eigenvalue weighted by atomic mass is 35.5. The molecule has 0 heterocycles. The van der Waals surface area contributed by atoms with E-state index in [1.807, 2.05) is 30.3 Å². The zero-order valence-corrected chi connectivity index (χ0v) is 16.5. The van der Waals surface area contributed by atoms with Gasteiger partial charge in [0.1, 0.15) is 11.6 Å². The van der Waals surface area contributed by atoms with Crippen LogP contribution in [0.25, 0.3) is 33.0 Å². The fourth-order valence-corrected chi connectivity index (χ4v) is 3.66. The predicted molar refractivity (Wildman–Crippen MR) is 118 cm³/mol. The number of rotatable bonds is 5. The van der Waals surface area contributed by atoms with E-state index in [1.54, 1.807) is 24.3 Å². The van der Waals surface area contributed by atoms with Gasteiger partial charge in [0.05, 0.1) is 5.56 Å². The van der Waals surface area contributed by atoms with Crippen LogP contribution in [-0.2, 0) is 6.42 Å². The molecular weight excluding hydrogens is 386 g/mol. The first kappa shape index (κ1) is 19.4. The molecule has 0 aliphatic rings. The van der Waals surface area contributed by atoms with Gasteiger partial charge in [-0.25, -0.2) is 8.78 Å². The zero-order chi connectivity index (χ0) is 20.4. The predicted octanol–water partition coefficient (Wildman–Crippen LogP) is 8.22. The summed E-state index contributed by atoms with van der Waals surface area (Å²) in [5.74, 6) is -1.19. The van der Waals surface area contributed by atoms with Crippen molar-refractivity contribution in [3.8, 4) is 22.3 Å². The second kappa shape index (κ2) is 8.18. The molecule has 144 valence electrons. The zero-order valence-electron chi connectivity index (χ0n) is 15.8. The van der Waals surface area contributed by atoms with E-state index >= 15 is 0 Å². The van der Waals surface area contributed by atoms with E-state index in [1.165, 1.54) is 17.7 Å². The molecule has 4 aromatic carbocycles. The molecule has 3 heteroatoms. The van der Waals surface area contributed by atoms with Crippen molar-refractivity contribution in [2.45, 2.75) is 12.8 Å². The van der Waals surface area contributed by atoms with Crippen molar-refractivity contribution in [1.82, 2.24) is 0 Å². The Bertz CT molecular complexity index is 1170. The monoisotopic (exact) mass is 404 g/mol. The molecule has 0 saturated carbocycles. The molecule has 0 fully saturated rings. The van der Waals surface area contributed by atoms with Gasteiger partial charge >= 0.3 is 0 Å². The Balaban J connectivity index is 1.71. The highest BCUT2D eigenvalue weighted by molar-refractivity contribution is 6.30. The molecule has 0 amide bonds. The maximum atomic E-state index is 14.8. The summed E-state index contributed by atoms with van der Waals surface area (Å²) in [5.41, 5.74) is 2.95. The van der Waals surface area contributed by atoms with Gasteiger partial charge in [-0.1, -0.05) is 60.1 Å². The topological polar surface area (TPSA) is 0 Å². The van der Waals surface area contributed by atoms with Gasteiger partial charge in [-0.15, -0.1) is 6.58 Å². The lowest BCUT2D eigenvalue weighted by Crippen LogP contribution is -1.92. The van der Waals surface area contributed by atoms with Crippen molar-refractivity contribution in [1.29, 1.82) is 0 Å². The van der Waals surface area contributed by atoms with Crippen molar-refractivity contribution < 1.29 is 8.78 Å². The first-order valence-corrected chi connectivity index (χ1v) is 9.82. The lowest BCUT2D eigenvalue weighted by Gasteiger charge is -2.10. The molecule has 0 radical (unpaired) electrons. The smallest absolute Gasteiger partial charge is 0.134 e. The Morgan fingerprint density at radius 2 is 1.34 bits per heavy atom. The molecule has 0 aliphatic carbocycles. The quantitative estimate of drug-likeness (QED) is 0.294. The highest BCUT2D eigenvalue weighted by Crippen LogP contribution is 2.33. The number of hydrogen-bond donors (Lipinski definition) is 0. The van der Waals surface area contributed by atoms with Crippen LogP contribution in [-0.4, -0.2) is 0 Å². The van der Waals surface area contributed by atoms with Crippen LogP contribution in [0, 0.1) is 11.6 Å². The van der Waals surface area contributed by atoms with Gasteiger partial charge in [0.25, 0.3) is 0 Å². The Morgan fingerprint density at radius 1 is 0.724 bits per heavy atom. The molecule has 0 spiro atoms. The Morgan fingerprint density at radius 3 is 2.03 bits per heavy atom. The lowest BCUT2D eigenvalue weighted by molar-refractivity contribution is 0.590. The van der Waals surface area contributed by atoms with Crippen molar-refractivity contribution in [3.05, 3.63) is 108 Å². The van der Waals surface area contributed by atoms with Crippen LogP contribution < -0.4 is 0 Å². The summed E-state index contributed by atoms with van der Waals surface area (Å²) in [5, 5.41) is 2.66. The van der Waals surface area contributed by atoms with Crippen LogP contribution in [0.1, 0.15) is 12.0 Å². The van der Waals surface area contributed by atoms with Gasteiger partial charge in [0.2, 0.25) is 0 Å². The van der Waals surface area contributed by atoms with E-state index in [0.29, 0.717) is 16.1 Å². The minimum Gasteiger partial charge on any atom is -0.206 e. The molecular formula is C26H19ClF2. The second-order valence-corrected chi connectivity index (χ2v) is 7.48. The standard InChI is InChI=1S/C26H19ClF2/c1-2-3-4-17-5-6-20-14-21(8-7-19(20)13-17)22-15-24(28)26(25(29)16-22)18-9-11-23(27)12-10-18/h2,5-16H,1,3-4H2. The Hall–Kier alpha value is -2.97. The highest BCUT2D eigenvalue weighted by Gasteiger charge is 2.14. The summed E-state index contributed by atoms with van der Waals surface area (Å²) in [4.78, 5) is 0. The maximum absolute atomic E-state index is 14.8. The molecule has 29 heavy (non-hydrogen) atoms. The third kappa shape index (κ3) is 4.08. The van der Waals surface area contributed by atoms with Crippen LogP contribution in [0.2, 0.25) is 5.02 Å². The molecule has 4 rings (SSSR count). The number of halogens is 3. The largest absolute Gasteiger partial charge is 0.206 e. The molecule has 4 aromatic rings. The van der Waals surface area contributed by atoms with Gasteiger partial charge in [-0.2, -0.15) is 0 Å². The van der Waals surface area contributed by atoms with E-state index in [2.05, 4.69) is 18.7 Å². The van der Waals surface area contributed by atoms with Crippen molar-refractivity contribution in [2.24, 2.45) is 0 Å². The average Bonchev–Trinajstić information content (AvgIpc) is 2.72. The number of hydrogen-bond acceptors (Lipinski definition) is 0. The molecule has 0 nitrogen and oxygen atoms in total. The SMILES string of the molecule is C=CCCc1ccc2cc(-c3cc(F)c(-c4ccc(Cl)cc4)c(F)c3)ccc2c1. The Labute approximate surface area is 174 Å². The van der Waals surface area contributed by atoms with E-state index in [9.17, 15) is 8.78 Å². The Kier molecular flexibility index (Phi) is 5.46. The van der Waals surface area contributed by atoms with Gasteiger partial charge in [0.15, 0.2) is 0 Å². The van der Waals surface area contributed by atoms with Crippen LogP contribution >= 0.6 is 11.6 Å². The van der Waals surface area contributed by atoms with Crippen molar-refractivity contribution in [3.63, 3.8) is 0 Å². The molecule has 0 N–H and O–H groups in total. The number of fused-ring (bicyclic) bond motifs is 1. The first-order chi connectivity index (χ1) is 14.0. The summed E-state index contributed by atoms with van der Waals surface area (Å²) in [7, 11) is 0. The van der Waals surface area contributed by atoms with E-state index in [4.69, 9.17) is 11.6 Å². The molecule has 0 saturated heterocycles. The van der Waals surface area contributed by atoms with Gasteiger partial charge < -0.3 is 0 Å². The number of aryl methyl sites for hydroxylation is 1. The van der Waals surface area contributed by atoms with Gasteiger partial charge in [-0.3, -0.25) is 0 Å². The van der Waals surface area contributed by atoms with Gasteiger partial charge in [0, 0.05) is 5.02 Å². The molecule has 0 aromatic heterocycles. The third-order valence-corrected chi connectivity index (χ3v) is 5.30. The third-order valence-electron chi connectivity index (χ3n) is 5.05. The summed E-state index contributed by atoms with van der Waals surface area (Å²) < 4.78 is 29.6. The van der Waals surface area contributed by atoms with Crippen LogP contribution in [0.4, 0.5) is 8.78 Å². The van der Waals surface area contributed by atoms with Crippen LogP contribution in [0.5, 0.6) is 0 Å². The van der Waals surface area contributed by atoms with Crippen LogP contribution in [0.15, 0.2) is 85.5 Å². The minimum absolute atomic E-state index is 0.0435. The minimum atomic E-state index is -0.595. The normalized spacial score (nSPS) is 11.0. The molecule has 0 unspecified atom stereocenters. The number of allylic oxidation sites excluding steroid dienone is 1. The van der Waals surface area contributed by atoms with Crippen molar-refractivity contribution in [2.75, 3.05) is 0 Å². The molecule has 0 bridgehead atoms. The van der Waals surface area contributed by atoms with E-state index in [0.717, 1.165) is 29.2 Å². The van der Waals surface area contributed by atoms with Gasteiger partial charge in [-0.05, 0) is 76.2 Å².